The molecule has 0 amide bonds. The molecule has 1 aliphatic rings. The molecule has 2 aromatic rings. The molecule has 0 bridgehead atoms. The highest BCUT2D eigenvalue weighted by atomic mass is 32.2. The van der Waals surface area contributed by atoms with E-state index in [2.05, 4.69) is 20.5 Å². The van der Waals surface area contributed by atoms with Crippen molar-refractivity contribution in [1.82, 2.24) is 25.2 Å². The van der Waals surface area contributed by atoms with E-state index < -0.39 is 0 Å². The number of pyridine rings is 1. The van der Waals surface area contributed by atoms with Crippen LogP contribution in [0.1, 0.15) is 55.4 Å². The van der Waals surface area contributed by atoms with Gasteiger partial charge in [-0.2, -0.15) is 0 Å². The van der Waals surface area contributed by atoms with Gasteiger partial charge in [-0.25, -0.2) is 14.5 Å². The van der Waals surface area contributed by atoms with Gasteiger partial charge in [0, 0.05) is 6.20 Å². The molecule has 1 fully saturated rings. The molecule has 0 aliphatic heterocycles. The molecule has 122 valence electrons. The van der Waals surface area contributed by atoms with Crippen molar-refractivity contribution in [2.75, 3.05) is 6.61 Å². The van der Waals surface area contributed by atoms with Crippen molar-refractivity contribution in [3.05, 3.63) is 23.9 Å². The largest absolute Gasteiger partial charge is 0.462 e. The first-order chi connectivity index (χ1) is 11.3. The molecule has 8 heteroatoms. The van der Waals surface area contributed by atoms with Gasteiger partial charge >= 0.3 is 5.97 Å². The maximum Gasteiger partial charge on any atom is 0.339 e. The molecule has 0 unspecified atom stereocenters. The Hall–Kier alpha value is -1.96. The predicted molar refractivity (Wildman–Crippen MR) is 84.3 cm³/mol. The molecule has 7 nitrogen and oxygen atoms in total. The van der Waals surface area contributed by atoms with E-state index in [-0.39, 0.29) is 5.97 Å². The van der Waals surface area contributed by atoms with Crippen LogP contribution in [0.5, 0.6) is 0 Å². The van der Waals surface area contributed by atoms with Crippen LogP contribution >= 0.6 is 11.8 Å². The van der Waals surface area contributed by atoms with Gasteiger partial charge in [0.15, 0.2) is 0 Å². The number of aromatic nitrogens is 5. The number of hydrogen-bond donors (Lipinski definition) is 0. The van der Waals surface area contributed by atoms with E-state index in [1.807, 2.05) is 4.68 Å². The van der Waals surface area contributed by atoms with Crippen molar-refractivity contribution < 1.29 is 9.53 Å². The fourth-order valence-electron chi connectivity index (χ4n) is 2.68. The second-order valence-electron chi connectivity index (χ2n) is 5.41. The lowest BCUT2D eigenvalue weighted by molar-refractivity contribution is 0.0525. The van der Waals surface area contributed by atoms with E-state index in [0.29, 0.717) is 18.2 Å². The molecule has 0 spiro atoms. The van der Waals surface area contributed by atoms with Gasteiger partial charge in [0.2, 0.25) is 5.16 Å². The Morgan fingerprint density at radius 2 is 2.17 bits per heavy atom. The third-order valence-electron chi connectivity index (χ3n) is 3.83. The number of ether oxygens (including phenoxy) is 1. The van der Waals surface area contributed by atoms with E-state index in [1.165, 1.54) is 37.2 Å². The average Bonchev–Trinajstić information content (AvgIpc) is 3.05. The number of esters is 1. The predicted octanol–water partition coefficient (Wildman–Crippen LogP) is 2.90. The summed E-state index contributed by atoms with van der Waals surface area (Å²) < 4.78 is 6.86. The van der Waals surface area contributed by atoms with Crippen LogP contribution in [0.15, 0.2) is 28.5 Å². The van der Waals surface area contributed by atoms with Gasteiger partial charge in [-0.15, -0.1) is 5.10 Å². The minimum atomic E-state index is -0.358. The van der Waals surface area contributed by atoms with E-state index in [0.717, 1.165) is 23.0 Å². The summed E-state index contributed by atoms with van der Waals surface area (Å²) in [6.45, 7) is 2.13. The SMILES string of the molecule is CCOC(=O)c1ccc(Sc2nnnn2C2CCCCC2)nc1. The van der Waals surface area contributed by atoms with Crippen molar-refractivity contribution in [2.45, 2.75) is 55.3 Å². The number of carbonyl (C=O) groups excluding carboxylic acids is 1. The fourth-order valence-corrected chi connectivity index (χ4v) is 3.46. The molecule has 0 aromatic carbocycles. The Kier molecular flexibility index (Phi) is 5.22. The van der Waals surface area contributed by atoms with Crippen LogP contribution in [0.25, 0.3) is 0 Å². The van der Waals surface area contributed by atoms with Gasteiger partial charge in [-0.3, -0.25) is 0 Å². The third-order valence-corrected chi connectivity index (χ3v) is 4.73. The molecule has 23 heavy (non-hydrogen) atoms. The molecule has 1 saturated carbocycles. The van der Waals surface area contributed by atoms with E-state index >= 15 is 0 Å². The van der Waals surface area contributed by atoms with Crippen LogP contribution in [0.2, 0.25) is 0 Å². The van der Waals surface area contributed by atoms with Gasteiger partial charge in [0.05, 0.1) is 18.2 Å². The van der Waals surface area contributed by atoms with Gasteiger partial charge in [-0.1, -0.05) is 19.3 Å². The molecule has 0 saturated heterocycles. The second kappa shape index (κ2) is 7.54. The van der Waals surface area contributed by atoms with Crippen LogP contribution in [-0.2, 0) is 4.74 Å². The van der Waals surface area contributed by atoms with Gasteiger partial charge in [-0.05, 0) is 54.1 Å². The lowest BCUT2D eigenvalue weighted by Crippen LogP contribution is -2.15. The maximum atomic E-state index is 11.6. The Bertz CT molecular complexity index is 652. The number of carbonyl (C=O) groups is 1. The Morgan fingerprint density at radius 1 is 1.35 bits per heavy atom. The van der Waals surface area contributed by atoms with Gasteiger partial charge < -0.3 is 4.74 Å². The summed E-state index contributed by atoms with van der Waals surface area (Å²) in [5.41, 5.74) is 0.447. The van der Waals surface area contributed by atoms with Crippen molar-refractivity contribution in [2.24, 2.45) is 0 Å². The standard InChI is InChI=1S/C15H19N5O2S/c1-2-22-14(21)11-8-9-13(16-10-11)23-15-17-18-19-20(15)12-6-4-3-5-7-12/h8-10,12H,2-7H2,1H3. The van der Waals surface area contributed by atoms with E-state index in [4.69, 9.17) is 4.74 Å². The normalized spacial score (nSPS) is 15.5. The number of hydrogen-bond acceptors (Lipinski definition) is 7. The molecule has 0 radical (unpaired) electrons. The lowest BCUT2D eigenvalue weighted by Gasteiger charge is -2.21. The minimum Gasteiger partial charge on any atom is -0.462 e. The highest BCUT2D eigenvalue weighted by molar-refractivity contribution is 7.99. The van der Waals surface area contributed by atoms with Crippen LogP contribution in [0.3, 0.4) is 0 Å². The molecule has 1 aliphatic carbocycles. The Morgan fingerprint density at radius 3 is 2.87 bits per heavy atom. The zero-order valence-corrected chi connectivity index (χ0v) is 13.8. The molecule has 0 atom stereocenters. The average molecular weight is 333 g/mol. The minimum absolute atomic E-state index is 0.353. The zero-order valence-electron chi connectivity index (χ0n) is 13.0. The molecule has 3 rings (SSSR count). The number of tetrazole rings is 1. The van der Waals surface area contributed by atoms with Crippen molar-refractivity contribution in [3.8, 4) is 0 Å². The van der Waals surface area contributed by atoms with Gasteiger partial charge in [0.25, 0.3) is 0 Å². The fraction of sp³-hybridized carbons (Fsp3) is 0.533. The Balaban J connectivity index is 1.70. The highest BCUT2D eigenvalue weighted by Crippen LogP contribution is 2.32. The Labute approximate surface area is 138 Å². The monoisotopic (exact) mass is 333 g/mol. The summed E-state index contributed by atoms with van der Waals surface area (Å²) in [7, 11) is 0. The van der Waals surface area contributed by atoms with Crippen molar-refractivity contribution >= 4 is 17.7 Å². The van der Waals surface area contributed by atoms with Crippen LogP contribution in [-0.4, -0.2) is 37.8 Å². The summed E-state index contributed by atoms with van der Waals surface area (Å²) in [5.74, 6) is -0.358. The highest BCUT2D eigenvalue weighted by Gasteiger charge is 2.21. The topological polar surface area (TPSA) is 82.8 Å². The first kappa shape index (κ1) is 15.9. The quantitative estimate of drug-likeness (QED) is 0.778. The molecule has 2 heterocycles. The van der Waals surface area contributed by atoms with Crippen molar-refractivity contribution in [3.63, 3.8) is 0 Å². The summed E-state index contributed by atoms with van der Waals surface area (Å²) in [4.78, 5) is 15.9. The van der Waals surface area contributed by atoms with Crippen molar-refractivity contribution in [1.29, 1.82) is 0 Å². The summed E-state index contributed by atoms with van der Waals surface area (Å²) in [6, 6.07) is 3.87. The van der Waals surface area contributed by atoms with Crippen LogP contribution < -0.4 is 0 Å². The molecular weight excluding hydrogens is 314 g/mol. The lowest BCUT2D eigenvalue weighted by atomic mass is 9.96. The van der Waals surface area contributed by atoms with E-state index in [1.54, 1.807) is 19.1 Å². The van der Waals surface area contributed by atoms with Gasteiger partial charge in [0.1, 0.15) is 5.03 Å². The van der Waals surface area contributed by atoms with E-state index in [9.17, 15) is 4.79 Å². The first-order valence-corrected chi connectivity index (χ1v) is 8.68. The second-order valence-corrected chi connectivity index (χ2v) is 6.39. The summed E-state index contributed by atoms with van der Waals surface area (Å²) >= 11 is 1.41. The summed E-state index contributed by atoms with van der Waals surface area (Å²) in [5, 5.41) is 13.5. The molecular formula is C15H19N5O2S. The van der Waals surface area contributed by atoms with Crippen LogP contribution in [0.4, 0.5) is 0 Å². The smallest absolute Gasteiger partial charge is 0.339 e. The molecule has 0 N–H and O–H groups in total. The maximum absolute atomic E-state index is 11.6. The number of rotatable bonds is 5. The number of nitrogens with zero attached hydrogens (tertiary/aromatic N) is 5. The molecule has 2 aromatic heterocycles. The first-order valence-electron chi connectivity index (χ1n) is 7.87. The third kappa shape index (κ3) is 3.87. The summed E-state index contributed by atoms with van der Waals surface area (Å²) in [6.07, 6.45) is 7.50. The van der Waals surface area contributed by atoms with Crippen LogP contribution in [0, 0.1) is 0 Å². The zero-order chi connectivity index (χ0) is 16.1.